The summed E-state index contributed by atoms with van der Waals surface area (Å²) in [5, 5.41) is 15.7. The lowest BCUT2D eigenvalue weighted by molar-refractivity contribution is -0.0264. The quantitative estimate of drug-likeness (QED) is 0.855. The minimum Gasteiger partial charge on any atom is -0.396 e. The third kappa shape index (κ3) is 2.57. The van der Waals surface area contributed by atoms with Gasteiger partial charge in [0.25, 0.3) is 0 Å². The third-order valence-corrected chi connectivity index (χ3v) is 4.72. The monoisotopic (exact) mass is 359 g/mol. The fourth-order valence-electron chi connectivity index (χ4n) is 2.62. The van der Waals surface area contributed by atoms with Crippen LogP contribution in [0.3, 0.4) is 0 Å². The van der Waals surface area contributed by atoms with Crippen LogP contribution in [-0.4, -0.2) is 39.7 Å². The van der Waals surface area contributed by atoms with Gasteiger partial charge in [-0.3, -0.25) is 4.68 Å². The SMILES string of the molecule is OCC1(Cn2nc(Br)c3cnc(Cl)cc32)CCOCC1. The molecule has 0 aromatic carbocycles. The molecule has 0 aliphatic carbocycles. The molecular weight excluding hydrogens is 346 g/mol. The Bertz CT molecular complexity index is 625. The Balaban J connectivity index is 1.99. The van der Waals surface area contributed by atoms with E-state index in [9.17, 15) is 5.11 Å². The molecule has 20 heavy (non-hydrogen) atoms. The van der Waals surface area contributed by atoms with Crippen LogP contribution in [0.1, 0.15) is 12.8 Å². The Labute approximate surface area is 130 Å². The van der Waals surface area contributed by atoms with E-state index in [2.05, 4.69) is 26.0 Å². The van der Waals surface area contributed by atoms with Crippen LogP contribution < -0.4 is 0 Å². The number of aromatic nitrogens is 3. The van der Waals surface area contributed by atoms with Crippen LogP contribution in [0.15, 0.2) is 16.9 Å². The number of aliphatic hydroxyl groups excluding tert-OH is 1. The molecule has 0 bridgehead atoms. The van der Waals surface area contributed by atoms with Gasteiger partial charge in [0.05, 0.1) is 17.5 Å². The molecule has 2 aromatic heterocycles. The van der Waals surface area contributed by atoms with Crippen LogP contribution in [0, 0.1) is 5.41 Å². The Hall–Kier alpha value is -0.690. The van der Waals surface area contributed by atoms with Gasteiger partial charge in [-0.05, 0) is 28.8 Å². The number of rotatable bonds is 3. The van der Waals surface area contributed by atoms with Crippen molar-refractivity contribution in [3.8, 4) is 0 Å². The molecule has 1 aliphatic heterocycles. The summed E-state index contributed by atoms with van der Waals surface area (Å²) in [5.74, 6) is 0. The molecule has 0 unspecified atom stereocenters. The van der Waals surface area contributed by atoms with E-state index in [0.717, 1.165) is 28.3 Å². The van der Waals surface area contributed by atoms with Crippen molar-refractivity contribution < 1.29 is 9.84 Å². The molecule has 0 amide bonds. The van der Waals surface area contributed by atoms with Gasteiger partial charge < -0.3 is 9.84 Å². The van der Waals surface area contributed by atoms with Gasteiger partial charge in [-0.25, -0.2) is 4.98 Å². The zero-order valence-electron chi connectivity index (χ0n) is 10.9. The minimum atomic E-state index is -0.174. The summed E-state index contributed by atoms with van der Waals surface area (Å²) in [7, 11) is 0. The van der Waals surface area contributed by atoms with Crippen molar-refractivity contribution >= 4 is 38.4 Å². The maximum Gasteiger partial charge on any atom is 0.137 e. The topological polar surface area (TPSA) is 60.2 Å². The van der Waals surface area contributed by atoms with Crippen molar-refractivity contribution in [2.45, 2.75) is 19.4 Å². The molecule has 0 radical (unpaired) electrons. The summed E-state index contributed by atoms with van der Waals surface area (Å²) in [6, 6.07) is 1.80. The van der Waals surface area contributed by atoms with Gasteiger partial charge in [0.2, 0.25) is 0 Å². The molecule has 0 saturated carbocycles. The van der Waals surface area contributed by atoms with E-state index >= 15 is 0 Å². The molecule has 1 N–H and O–H groups in total. The number of pyridine rings is 1. The van der Waals surface area contributed by atoms with Crippen LogP contribution in [0.4, 0.5) is 0 Å². The van der Waals surface area contributed by atoms with Gasteiger partial charge in [-0.1, -0.05) is 11.6 Å². The summed E-state index contributed by atoms with van der Waals surface area (Å²) >= 11 is 9.42. The van der Waals surface area contributed by atoms with Crippen molar-refractivity contribution in [2.24, 2.45) is 5.41 Å². The van der Waals surface area contributed by atoms with E-state index < -0.39 is 0 Å². The fraction of sp³-hybridized carbons (Fsp3) is 0.538. The highest BCUT2D eigenvalue weighted by molar-refractivity contribution is 9.10. The summed E-state index contributed by atoms with van der Waals surface area (Å²) in [6.45, 7) is 2.15. The molecule has 0 spiro atoms. The van der Waals surface area contributed by atoms with E-state index in [1.165, 1.54) is 0 Å². The maximum atomic E-state index is 9.79. The van der Waals surface area contributed by atoms with Crippen molar-refractivity contribution in [1.82, 2.24) is 14.8 Å². The summed E-state index contributed by atoms with van der Waals surface area (Å²) in [5.41, 5.74) is 0.753. The molecule has 7 heteroatoms. The van der Waals surface area contributed by atoms with E-state index in [-0.39, 0.29) is 12.0 Å². The second-order valence-corrected chi connectivity index (χ2v) is 6.38. The summed E-state index contributed by atoms with van der Waals surface area (Å²) in [6.07, 6.45) is 3.38. The highest BCUT2D eigenvalue weighted by Gasteiger charge is 2.33. The number of halogens is 2. The third-order valence-electron chi connectivity index (χ3n) is 3.93. The molecule has 108 valence electrons. The van der Waals surface area contributed by atoms with E-state index in [0.29, 0.717) is 24.9 Å². The molecule has 1 saturated heterocycles. The van der Waals surface area contributed by atoms with Crippen LogP contribution in [0.25, 0.3) is 10.9 Å². The molecule has 3 rings (SSSR count). The average molecular weight is 361 g/mol. The average Bonchev–Trinajstić information content (AvgIpc) is 2.76. The lowest BCUT2D eigenvalue weighted by atomic mass is 9.81. The summed E-state index contributed by atoms with van der Waals surface area (Å²) < 4.78 is 8.04. The van der Waals surface area contributed by atoms with Crippen LogP contribution >= 0.6 is 27.5 Å². The standard InChI is InChI=1S/C13H15BrClN3O2/c14-12-9-6-16-11(15)5-10(9)18(17-12)7-13(8-19)1-3-20-4-2-13/h5-6,19H,1-4,7-8H2. The van der Waals surface area contributed by atoms with Gasteiger partial charge in [0.15, 0.2) is 0 Å². The van der Waals surface area contributed by atoms with Crippen molar-refractivity contribution in [2.75, 3.05) is 19.8 Å². The predicted octanol–water partition coefficient (Wildman–Crippen LogP) is 2.64. The zero-order valence-corrected chi connectivity index (χ0v) is 13.2. The van der Waals surface area contributed by atoms with E-state index in [4.69, 9.17) is 16.3 Å². The Morgan fingerprint density at radius 3 is 2.90 bits per heavy atom. The molecule has 0 atom stereocenters. The zero-order chi connectivity index (χ0) is 14.2. The molecule has 1 aliphatic rings. The van der Waals surface area contributed by atoms with E-state index in [1.807, 2.05) is 4.68 Å². The second kappa shape index (κ2) is 5.60. The van der Waals surface area contributed by atoms with Crippen LogP contribution in [0.2, 0.25) is 5.15 Å². The number of hydrogen-bond acceptors (Lipinski definition) is 4. The Morgan fingerprint density at radius 1 is 1.45 bits per heavy atom. The van der Waals surface area contributed by atoms with Gasteiger partial charge in [-0.2, -0.15) is 5.10 Å². The highest BCUT2D eigenvalue weighted by atomic mass is 79.9. The lowest BCUT2D eigenvalue weighted by Crippen LogP contribution is -2.37. The first kappa shape index (κ1) is 14.3. The van der Waals surface area contributed by atoms with Crippen molar-refractivity contribution in [1.29, 1.82) is 0 Å². The molecule has 3 heterocycles. The van der Waals surface area contributed by atoms with Gasteiger partial charge in [0.1, 0.15) is 9.76 Å². The second-order valence-electron chi connectivity index (χ2n) is 5.24. The first-order valence-corrected chi connectivity index (χ1v) is 7.67. The lowest BCUT2D eigenvalue weighted by Gasteiger charge is -2.35. The first-order valence-electron chi connectivity index (χ1n) is 6.50. The molecule has 5 nitrogen and oxygen atoms in total. The number of nitrogens with zero attached hydrogens (tertiary/aromatic N) is 3. The smallest absolute Gasteiger partial charge is 0.137 e. The van der Waals surface area contributed by atoms with Crippen LogP contribution in [0.5, 0.6) is 0 Å². The summed E-state index contributed by atoms with van der Waals surface area (Å²) in [4.78, 5) is 4.08. The fourth-order valence-corrected chi connectivity index (χ4v) is 3.26. The maximum absolute atomic E-state index is 9.79. The molecule has 2 aromatic rings. The largest absolute Gasteiger partial charge is 0.396 e. The van der Waals surface area contributed by atoms with Crippen molar-refractivity contribution in [3.05, 3.63) is 22.0 Å². The number of aliphatic hydroxyl groups is 1. The van der Waals surface area contributed by atoms with Crippen LogP contribution in [-0.2, 0) is 11.3 Å². The highest BCUT2D eigenvalue weighted by Crippen LogP contribution is 2.34. The normalized spacial score (nSPS) is 18.6. The van der Waals surface area contributed by atoms with Gasteiger partial charge in [0, 0.05) is 37.4 Å². The van der Waals surface area contributed by atoms with Gasteiger partial charge in [-0.15, -0.1) is 0 Å². The number of ether oxygens (including phenoxy) is 1. The first-order chi connectivity index (χ1) is 9.63. The number of hydrogen-bond donors (Lipinski definition) is 1. The number of fused-ring (bicyclic) bond motifs is 1. The Kier molecular flexibility index (Phi) is 3.99. The minimum absolute atomic E-state index is 0.133. The molecule has 1 fully saturated rings. The Morgan fingerprint density at radius 2 is 2.20 bits per heavy atom. The predicted molar refractivity (Wildman–Crippen MR) is 79.8 cm³/mol. The van der Waals surface area contributed by atoms with E-state index in [1.54, 1.807) is 12.3 Å². The van der Waals surface area contributed by atoms with Gasteiger partial charge >= 0.3 is 0 Å². The molecular formula is C13H15BrClN3O2. The van der Waals surface area contributed by atoms with Crippen molar-refractivity contribution in [3.63, 3.8) is 0 Å².